The molecule has 0 bridgehead atoms. The summed E-state index contributed by atoms with van der Waals surface area (Å²) in [6.45, 7) is 8.76. The van der Waals surface area contributed by atoms with Crippen LogP contribution in [0.4, 0.5) is 0 Å². The van der Waals surface area contributed by atoms with Crippen LogP contribution < -0.4 is 5.32 Å². The highest BCUT2D eigenvalue weighted by molar-refractivity contribution is 4.69. The molecule has 0 aliphatic carbocycles. The summed E-state index contributed by atoms with van der Waals surface area (Å²) < 4.78 is 5.34. The molecule has 0 aromatic heterocycles. The predicted octanol–water partition coefficient (Wildman–Crippen LogP) is 1.88. The third-order valence-corrected chi connectivity index (χ3v) is 3.47. The van der Waals surface area contributed by atoms with Gasteiger partial charge in [-0.1, -0.05) is 0 Å². The van der Waals surface area contributed by atoms with Gasteiger partial charge in [0.1, 0.15) is 0 Å². The molecule has 1 fully saturated rings. The first-order valence-corrected chi connectivity index (χ1v) is 6.71. The van der Waals surface area contributed by atoms with Crippen LogP contribution in [-0.4, -0.2) is 50.3 Å². The zero-order chi connectivity index (χ0) is 11.8. The van der Waals surface area contributed by atoms with Gasteiger partial charge in [0.05, 0.1) is 0 Å². The first-order chi connectivity index (χ1) is 7.70. The fraction of sp³-hybridized carbons (Fsp3) is 1.00. The van der Waals surface area contributed by atoms with Crippen LogP contribution in [0, 0.1) is 0 Å². The molecule has 16 heavy (non-hydrogen) atoms. The van der Waals surface area contributed by atoms with Gasteiger partial charge in [0.2, 0.25) is 0 Å². The van der Waals surface area contributed by atoms with Crippen molar-refractivity contribution in [2.24, 2.45) is 0 Å². The Balaban J connectivity index is 1.91. The number of nitrogens with one attached hydrogen (secondary N) is 1. The first-order valence-electron chi connectivity index (χ1n) is 6.71. The monoisotopic (exact) mass is 228 g/mol. The summed E-state index contributed by atoms with van der Waals surface area (Å²) in [6, 6.07) is 1.38. The highest BCUT2D eigenvalue weighted by Gasteiger charge is 2.12. The average molecular weight is 228 g/mol. The minimum Gasteiger partial charge on any atom is -0.381 e. The molecule has 1 aliphatic heterocycles. The van der Waals surface area contributed by atoms with E-state index in [2.05, 4.69) is 31.1 Å². The van der Waals surface area contributed by atoms with Crippen LogP contribution in [0.2, 0.25) is 0 Å². The lowest BCUT2D eigenvalue weighted by Gasteiger charge is -2.24. The van der Waals surface area contributed by atoms with Crippen molar-refractivity contribution < 1.29 is 4.74 Å². The third kappa shape index (κ3) is 5.83. The molecule has 1 saturated heterocycles. The van der Waals surface area contributed by atoms with Crippen molar-refractivity contribution in [3.8, 4) is 0 Å². The van der Waals surface area contributed by atoms with Gasteiger partial charge in [0.25, 0.3) is 0 Å². The van der Waals surface area contributed by atoms with Gasteiger partial charge in [0.15, 0.2) is 0 Å². The smallest absolute Gasteiger partial charge is 0.0480 e. The van der Waals surface area contributed by atoms with Crippen LogP contribution in [-0.2, 0) is 4.74 Å². The van der Waals surface area contributed by atoms with Crippen LogP contribution in [0.15, 0.2) is 0 Å². The van der Waals surface area contributed by atoms with Gasteiger partial charge in [-0.3, -0.25) is 0 Å². The van der Waals surface area contributed by atoms with Gasteiger partial charge >= 0.3 is 0 Å². The lowest BCUT2D eigenvalue weighted by molar-refractivity contribution is 0.0779. The van der Waals surface area contributed by atoms with E-state index in [9.17, 15) is 0 Å². The second kappa shape index (κ2) is 8.04. The lowest BCUT2D eigenvalue weighted by atomic mass is 10.1. The molecular weight excluding hydrogens is 200 g/mol. The van der Waals surface area contributed by atoms with Crippen LogP contribution in [0.25, 0.3) is 0 Å². The number of unbranched alkanes of at least 4 members (excludes halogenated alkanes) is 1. The van der Waals surface area contributed by atoms with Crippen molar-refractivity contribution in [1.82, 2.24) is 10.2 Å². The molecule has 0 atom stereocenters. The summed E-state index contributed by atoms with van der Waals surface area (Å²) in [4.78, 5) is 2.41. The summed E-state index contributed by atoms with van der Waals surface area (Å²) in [5.41, 5.74) is 0. The van der Waals surface area contributed by atoms with Crippen molar-refractivity contribution in [3.63, 3.8) is 0 Å². The van der Waals surface area contributed by atoms with Crippen molar-refractivity contribution in [3.05, 3.63) is 0 Å². The Morgan fingerprint density at radius 3 is 2.56 bits per heavy atom. The zero-order valence-corrected chi connectivity index (χ0v) is 11.2. The molecule has 0 aromatic rings. The van der Waals surface area contributed by atoms with Gasteiger partial charge in [-0.15, -0.1) is 0 Å². The van der Waals surface area contributed by atoms with Crippen molar-refractivity contribution in [2.75, 3.05) is 33.4 Å². The van der Waals surface area contributed by atoms with Gasteiger partial charge in [-0.05, 0) is 59.7 Å². The zero-order valence-electron chi connectivity index (χ0n) is 11.2. The van der Waals surface area contributed by atoms with Gasteiger partial charge in [0, 0.05) is 25.3 Å². The van der Waals surface area contributed by atoms with E-state index in [1.54, 1.807) is 0 Å². The van der Waals surface area contributed by atoms with Crippen molar-refractivity contribution >= 4 is 0 Å². The highest BCUT2D eigenvalue weighted by atomic mass is 16.5. The van der Waals surface area contributed by atoms with Crippen LogP contribution >= 0.6 is 0 Å². The molecule has 0 spiro atoms. The SMILES string of the molecule is CC(C)N(C)CCCCNC1CCOCC1. The Hall–Kier alpha value is -0.120. The minimum atomic E-state index is 0.670. The van der Waals surface area contributed by atoms with Crippen LogP contribution in [0.5, 0.6) is 0 Å². The van der Waals surface area contributed by atoms with Crippen LogP contribution in [0.1, 0.15) is 39.5 Å². The van der Waals surface area contributed by atoms with Crippen molar-refractivity contribution in [2.45, 2.75) is 51.6 Å². The maximum Gasteiger partial charge on any atom is 0.0480 e. The van der Waals surface area contributed by atoms with Crippen molar-refractivity contribution in [1.29, 1.82) is 0 Å². The fourth-order valence-corrected chi connectivity index (χ4v) is 1.95. The maximum absolute atomic E-state index is 5.34. The molecule has 0 aromatic carbocycles. The Labute approximate surface area is 101 Å². The lowest BCUT2D eigenvalue weighted by Crippen LogP contribution is -2.35. The van der Waals surface area contributed by atoms with E-state index in [1.807, 2.05) is 0 Å². The summed E-state index contributed by atoms with van der Waals surface area (Å²) in [6.07, 6.45) is 4.96. The number of hydrogen-bond acceptors (Lipinski definition) is 3. The summed E-state index contributed by atoms with van der Waals surface area (Å²) in [5, 5.41) is 3.63. The number of ether oxygens (including phenoxy) is 1. The number of nitrogens with zero attached hydrogens (tertiary/aromatic N) is 1. The maximum atomic E-state index is 5.34. The highest BCUT2D eigenvalue weighted by Crippen LogP contribution is 2.06. The first kappa shape index (κ1) is 13.9. The number of hydrogen-bond donors (Lipinski definition) is 1. The Morgan fingerprint density at radius 1 is 1.25 bits per heavy atom. The fourth-order valence-electron chi connectivity index (χ4n) is 1.95. The summed E-state index contributed by atoms with van der Waals surface area (Å²) in [5.74, 6) is 0. The molecule has 1 rings (SSSR count). The number of rotatable bonds is 7. The van der Waals surface area contributed by atoms with E-state index in [0.29, 0.717) is 12.1 Å². The van der Waals surface area contributed by atoms with Crippen LogP contribution in [0.3, 0.4) is 0 Å². The molecule has 1 heterocycles. The molecule has 0 unspecified atom stereocenters. The largest absolute Gasteiger partial charge is 0.381 e. The Kier molecular flexibility index (Phi) is 7.01. The second-order valence-electron chi connectivity index (χ2n) is 5.12. The molecule has 0 radical (unpaired) electrons. The Morgan fingerprint density at radius 2 is 1.94 bits per heavy atom. The van der Waals surface area contributed by atoms with E-state index in [4.69, 9.17) is 4.74 Å². The molecule has 3 heteroatoms. The quantitative estimate of drug-likeness (QED) is 0.673. The predicted molar refractivity (Wildman–Crippen MR) is 68.8 cm³/mol. The standard InChI is InChI=1S/C13H28N2O/c1-12(2)15(3)9-5-4-8-14-13-6-10-16-11-7-13/h12-14H,4-11H2,1-3H3. The molecular formula is C13H28N2O. The summed E-state index contributed by atoms with van der Waals surface area (Å²) in [7, 11) is 2.20. The normalized spacial score (nSPS) is 18.6. The van der Waals surface area contributed by atoms with Gasteiger partial charge in [-0.25, -0.2) is 0 Å². The Bertz CT molecular complexity index is 167. The van der Waals surface area contributed by atoms with E-state index >= 15 is 0 Å². The molecule has 0 saturated carbocycles. The van der Waals surface area contributed by atoms with E-state index in [-0.39, 0.29) is 0 Å². The molecule has 1 N–H and O–H groups in total. The second-order valence-corrected chi connectivity index (χ2v) is 5.12. The molecule has 0 amide bonds. The summed E-state index contributed by atoms with van der Waals surface area (Å²) >= 11 is 0. The van der Waals surface area contributed by atoms with Gasteiger partial charge < -0.3 is 15.0 Å². The molecule has 96 valence electrons. The molecule has 1 aliphatic rings. The van der Waals surface area contributed by atoms with E-state index < -0.39 is 0 Å². The average Bonchev–Trinajstić information content (AvgIpc) is 2.29. The minimum absolute atomic E-state index is 0.670. The topological polar surface area (TPSA) is 24.5 Å². The van der Waals surface area contributed by atoms with Gasteiger partial charge in [-0.2, -0.15) is 0 Å². The third-order valence-electron chi connectivity index (χ3n) is 3.47. The van der Waals surface area contributed by atoms with E-state index in [1.165, 1.54) is 32.2 Å². The molecule has 3 nitrogen and oxygen atoms in total. The van der Waals surface area contributed by atoms with E-state index in [0.717, 1.165) is 19.8 Å².